The molecule has 0 aliphatic carbocycles. The first kappa shape index (κ1) is 16.8. The van der Waals surface area contributed by atoms with Crippen molar-refractivity contribution >= 4 is 29.2 Å². The normalized spacial score (nSPS) is 11.3. The second-order valence-corrected chi connectivity index (χ2v) is 6.32. The first-order chi connectivity index (χ1) is 13.1. The second kappa shape index (κ2) is 6.92. The van der Waals surface area contributed by atoms with Crippen molar-refractivity contribution in [3.05, 3.63) is 89.0 Å². The minimum atomic E-state index is -0.920. The molecule has 0 fully saturated rings. The van der Waals surface area contributed by atoms with Crippen molar-refractivity contribution in [1.82, 2.24) is 4.98 Å². The van der Waals surface area contributed by atoms with Crippen LogP contribution in [0.25, 0.3) is 34.7 Å². The van der Waals surface area contributed by atoms with E-state index in [1.54, 1.807) is 24.3 Å². The van der Waals surface area contributed by atoms with Crippen molar-refractivity contribution in [2.45, 2.75) is 6.92 Å². The molecule has 1 heterocycles. The Hall–Kier alpha value is -3.66. The van der Waals surface area contributed by atoms with Crippen molar-refractivity contribution in [1.29, 1.82) is 0 Å². The van der Waals surface area contributed by atoms with Gasteiger partial charge in [0.15, 0.2) is 5.58 Å². The van der Waals surface area contributed by atoms with Crippen LogP contribution in [0.5, 0.6) is 0 Å². The lowest BCUT2D eigenvalue weighted by atomic mass is 10.0. The van der Waals surface area contributed by atoms with Crippen LogP contribution in [-0.2, 0) is 0 Å². The molecule has 0 atom stereocenters. The van der Waals surface area contributed by atoms with Crippen LogP contribution in [0.3, 0.4) is 0 Å². The Morgan fingerprint density at radius 3 is 2.48 bits per heavy atom. The van der Waals surface area contributed by atoms with Gasteiger partial charge in [-0.1, -0.05) is 42.5 Å². The Labute approximate surface area is 156 Å². The molecule has 4 aromatic rings. The van der Waals surface area contributed by atoms with Gasteiger partial charge in [0.05, 0.1) is 5.56 Å². The van der Waals surface area contributed by atoms with Crippen LogP contribution in [0.2, 0.25) is 0 Å². The second-order valence-electron chi connectivity index (χ2n) is 6.32. The smallest absolute Gasteiger partial charge is 0.335 e. The number of oxazole rings is 1. The van der Waals surface area contributed by atoms with E-state index in [1.807, 2.05) is 55.5 Å². The highest BCUT2D eigenvalue weighted by atomic mass is 16.4. The minimum Gasteiger partial charge on any atom is -0.478 e. The van der Waals surface area contributed by atoms with E-state index in [1.165, 1.54) is 0 Å². The molecular formula is C23H17NO3. The Morgan fingerprint density at radius 1 is 1.00 bits per heavy atom. The van der Waals surface area contributed by atoms with E-state index in [2.05, 4.69) is 11.1 Å². The maximum absolute atomic E-state index is 10.9. The average molecular weight is 355 g/mol. The van der Waals surface area contributed by atoms with Gasteiger partial charge in [0.2, 0.25) is 5.89 Å². The summed E-state index contributed by atoms with van der Waals surface area (Å²) in [5, 5.41) is 8.96. The highest BCUT2D eigenvalue weighted by molar-refractivity contribution is 5.88. The molecule has 4 rings (SSSR count). The molecule has 4 heteroatoms. The molecule has 0 unspecified atom stereocenters. The van der Waals surface area contributed by atoms with Gasteiger partial charge in [-0.3, -0.25) is 0 Å². The molecule has 0 bridgehead atoms. The number of hydrogen-bond donors (Lipinski definition) is 1. The summed E-state index contributed by atoms with van der Waals surface area (Å²) in [6.45, 7) is 2.04. The van der Waals surface area contributed by atoms with E-state index in [0.717, 1.165) is 33.4 Å². The Balaban J connectivity index is 1.58. The highest BCUT2D eigenvalue weighted by Crippen LogP contribution is 2.26. The van der Waals surface area contributed by atoms with Gasteiger partial charge in [-0.05, 0) is 60.0 Å². The third-order valence-corrected chi connectivity index (χ3v) is 4.42. The van der Waals surface area contributed by atoms with Crippen LogP contribution in [-0.4, -0.2) is 16.1 Å². The predicted molar refractivity (Wildman–Crippen MR) is 107 cm³/mol. The molecular weight excluding hydrogens is 338 g/mol. The number of aromatic nitrogens is 1. The highest BCUT2D eigenvalue weighted by Gasteiger charge is 2.08. The average Bonchev–Trinajstić information content (AvgIpc) is 3.11. The lowest BCUT2D eigenvalue weighted by molar-refractivity contribution is 0.0697. The maximum Gasteiger partial charge on any atom is 0.335 e. The van der Waals surface area contributed by atoms with Crippen molar-refractivity contribution in [2.24, 2.45) is 0 Å². The summed E-state index contributed by atoms with van der Waals surface area (Å²) in [4.78, 5) is 15.4. The molecule has 0 aliphatic rings. The van der Waals surface area contributed by atoms with Gasteiger partial charge in [-0.2, -0.15) is 0 Å². The predicted octanol–water partition coefficient (Wildman–Crippen LogP) is 5.67. The molecule has 3 aromatic carbocycles. The number of para-hydroxylation sites is 2. The van der Waals surface area contributed by atoms with E-state index < -0.39 is 5.97 Å². The van der Waals surface area contributed by atoms with Gasteiger partial charge in [-0.25, -0.2) is 9.78 Å². The molecule has 4 nitrogen and oxygen atoms in total. The standard InChI is InChI=1S/C23H17NO3/c1-15-14-19(22-24-20-4-2-3-5-21(20)27-22)13-12-17(15)9-6-16-7-10-18(11-8-16)23(25)26/h2-14H,1H3,(H,25,26). The topological polar surface area (TPSA) is 63.3 Å². The van der Waals surface area contributed by atoms with Crippen LogP contribution < -0.4 is 0 Å². The summed E-state index contributed by atoms with van der Waals surface area (Å²) >= 11 is 0. The van der Waals surface area contributed by atoms with Crippen LogP contribution in [0.1, 0.15) is 27.0 Å². The molecule has 27 heavy (non-hydrogen) atoms. The number of aromatic carboxylic acids is 1. The fourth-order valence-corrected chi connectivity index (χ4v) is 2.91. The van der Waals surface area contributed by atoms with Crippen molar-refractivity contribution < 1.29 is 14.3 Å². The Kier molecular flexibility index (Phi) is 4.30. The van der Waals surface area contributed by atoms with Gasteiger partial charge in [0.25, 0.3) is 0 Å². The van der Waals surface area contributed by atoms with Crippen LogP contribution in [0, 0.1) is 6.92 Å². The van der Waals surface area contributed by atoms with Crippen molar-refractivity contribution in [3.8, 4) is 11.5 Å². The first-order valence-electron chi connectivity index (χ1n) is 8.58. The molecule has 0 saturated carbocycles. The zero-order chi connectivity index (χ0) is 18.8. The summed E-state index contributed by atoms with van der Waals surface area (Å²) in [5.41, 5.74) is 5.98. The van der Waals surface area contributed by atoms with E-state index in [4.69, 9.17) is 9.52 Å². The lowest BCUT2D eigenvalue weighted by Gasteiger charge is -2.03. The minimum absolute atomic E-state index is 0.283. The number of carboxylic acids is 1. The number of rotatable bonds is 4. The summed E-state index contributed by atoms with van der Waals surface area (Å²) in [5.74, 6) is -0.310. The Morgan fingerprint density at radius 2 is 1.78 bits per heavy atom. The zero-order valence-electron chi connectivity index (χ0n) is 14.7. The molecule has 0 spiro atoms. The van der Waals surface area contributed by atoms with Gasteiger partial charge in [0.1, 0.15) is 5.52 Å². The first-order valence-corrected chi connectivity index (χ1v) is 8.58. The van der Waals surface area contributed by atoms with Crippen molar-refractivity contribution in [3.63, 3.8) is 0 Å². The SMILES string of the molecule is Cc1cc(-c2nc3ccccc3o2)ccc1C=Cc1ccc(C(=O)O)cc1. The molecule has 0 amide bonds. The maximum atomic E-state index is 10.9. The lowest BCUT2D eigenvalue weighted by Crippen LogP contribution is -1.94. The number of carbonyl (C=O) groups is 1. The summed E-state index contributed by atoms with van der Waals surface area (Å²) in [6.07, 6.45) is 3.98. The van der Waals surface area contributed by atoms with E-state index in [-0.39, 0.29) is 5.56 Å². The molecule has 0 radical (unpaired) electrons. The molecule has 0 aliphatic heterocycles. The number of carboxylic acid groups (broad SMARTS) is 1. The number of fused-ring (bicyclic) bond motifs is 1. The van der Waals surface area contributed by atoms with Crippen LogP contribution in [0.15, 0.2) is 71.1 Å². The molecule has 0 saturated heterocycles. The Bertz CT molecular complexity index is 1120. The molecule has 132 valence electrons. The zero-order valence-corrected chi connectivity index (χ0v) is 14.7. The molecule has 1 aromatic heterocycles. The third-order valence-electron chi connectivity index (χ3n) is 4.42. The van der Waals surface area contributed by atoms with Gasteiger partial charge >= 0.3 is 5.97 Å². The molecule has 1 N–H and O–H groups in total. The number of aryl methyl sites for hydroxylation is 1. The number of nitrogens with zero attached hydrogens (tertiary/aromatic N) is 1. The van der Waals surface area contributed by atoms with E-state index in [0.29, 0.717) is 5.89 Å². The quantitative estimate of drug-likeness (QED) is 0.479. The number of benzene rings is 3. The van der Waals surface area contributed by atoms with Gasteiger partial charge < -0.3 is 9.52 Å². The van der Waals surface area contributed by atoms with Gasteiger partial charge in [-0.15, -0.1) is 0 Å². The largest absolute Gasteiger partial charge is 0.478 e. The summed E-state index contributed by atoms with van der Waals surface area (Å²) in [7, 11) is 0. The summed E-state index contributed by atoms with van der Waals surface area (Å²) in [6, 6.07) is 20.6. The number of hydrogen-bond acceptors (Lipinski definition) is 3. The van der Waals surface area contributed by atoms with Crippen molar-refractivity contribution in [2.75, 3.05) is 0 Å². The fraction of sp³-hybridized carbons (Fsp3) is 0.0435. The van der Waals surface area contributed by atoms with E-state index in [9.17, 15) is 4.79 Å². The van der Waals surface area contributed by atoms with Crippen LogP contribution in [0.4, 0.5) is 0 Å². The van der Waals surface area contributed by atoms with Crippen LogP contribution >= 0.6 is 0 Å². The third kappa shape index (κ3) is 3.51. The summed E-state index contributed by atoms with van der Waals surface area (Å²) < 4.78 is 5.83. The monoisotopic (exact) mass is 355 g/mol. The fourth-order valence-electron chi connectivity index (χ4n) is 2.91. The van der Waals surface area contributed by atoms with Gasteiger partial charge in [0, 0.05) is 5.56 Å². The van der Waals surface area contributed by atoms with E-state index >= 15 is 0 Å².